The van der Waals surface area contributed by atoms with Crippen LogP contribution in [-0.2, 0) is 37.5 Å². The van der Waals surface area contributed by atoms with Gasteiger partial charge in [0.2, 0.25) is 11.8 Å². The molecule has 0 radical (unpaired) electrons. The van der Waals surface area contributed by atoms with Crippen molar-refractivity contribution in [2.24, 2.45) is 0 Å². The van der Waals surface area contributed by atoms with Crippen molar-refractivity contribution in [2.45, 2.75) is 12.1 Å². The molecule has 1 aromatic heterocycles. The first kappa shape index (κ1) is 20.8. The van der Waals surface area contributed by atoms with Gasteiger partial charge in [0.15, 0.2) is 0 Å². The van der Waals surface area contributed by atoms with E-state index < -0.39 is 29.5 Å². The Labute approximate surface area is 178 Å². The number of carbonyl (C=O) groups excluding carboxylic acids is 2. The summed E-state index contributed by atoms with van der Waals surface area (Å²) in [6.07, 6.45) is 4.28. The molecule has 0 N–H and O–H groups in total. The fraction of sp³-hybridized carbons (Fsp3) is 0.105. The van der Waals surface area contributed by atoms with E-state index in [0.29, 0.717) is 5.69 Å². The molecule has 1 atom stereocenters. The van der Waals surface area contributed by atoms with E-state index in [2.05, 4.69) is 9.97 Å². The summed E-state index contributed by atoms with van der Waals surface area (Å²) in [5, 5.41) is 0. The van der Waals surface area contributed by atoms with Crippen LogP contribution in [0.25, 0.3) is 0 Å². The van der Waals surface area contributed by atoms with Gasteiger partial charge in [-0.1, -0.05) is 18.2 Å². The molecular formula is C19H12F3N4O2Ti-. The number of anilines is 1. The van der Waals surface area contributed by atoms with Gasteiger partial charge >= 0.3 is 6.18 Å². The van der Waals surface area contributed by atoms with Crippen LogP contribution in [0.1, 0.15) is 17.0 Å². The zero-order valence-corrected chi connectivity index (χ0v) is 16.2. The predicted octanol–water partition coefficient (Wildman–Crippen LogP) is 3.02. The number of aromatic nitrogens is 2. The Morgan fingerprint density at radius 1 is 1.07 bits per heavy atom. The summed E-state index contributed by atoms with van der Waals surface area (Å²) in [4.78, 5) is 36.4. The average molecular weight is 433 g/mol. The summed E-state index contributed by atoms with van der Waals surface area (Å²) in [5.74, 6) is -2.48. The summed E-state index contributed by atoms with van der Waals surface area (Å²) < 4.78 is 39.3. The molecule has 1 fully saturated rings. The Balaban J connectivity index is 0.00000240. The third kappa shape index (κ3) is 3.71. The maximum atomic E-state index is 13.2. The summed E-state index contributed by atoms with van der Waals surface area (Å²) in [5.41, 5.74) is -0.658. The first-order valence-corrected chi connectivity index (χ1v) is 8.19. The molecule has 0 saturated carbocycles. The van der Waals surface area contributed by atoms with E-state index in [1.54, 1.807) is 18.2 Å². The van der Waals surface area contributed by atoms with Gasteiger partial charge in [-0.05, 0) is 11.6 Å². The molecule has 1 aromatic carbocycles. The molecule has 0 spiro atoms. The smallest absolute Gasteiger partial charge is 0.355 e. The molecule has 6 nitrogen and oxygen atoms in total. The van der Waals surface area contributed by atoms with Crippen LogP contribution in [0.3, 0.4) is 0 Å². The molecular weight excluding hydrogens is 421 g/mol. The molecule has 0 aliphatic carbocycles. The van der Waals surface area contributed by atoms with Crippen molar-refractivity contribution in [3.63, 3.8) is 0 Å². The van der Waals surface area contributed by atoms with Gasteiger partial charge in [0, 0.05) is 21.7 Å². The first-order chi connectivity index (χ1) is 13.4. The third-order valence-corrected chi connectivity index (χ3v) is 4.37. The fourth-order valence-corrected chi connectivity index (χ4v) is 3.14. The number of allylic oxidation sites excluding steroid dienone is 2. The quantitative estimate of drug-likeness (QED) is 0.415. The second-order valence-electron chi connectivity index (χ2n) is 6.09. The van der Waals surface area contributed by atoms with Gasteiger partial charge in [0.25, 0.3) is 0 Å². The minimum absolute atomic E-state index is 0. The zero-order valence-electron chi connectivity index (χ0n) is 14.7. The van der Waals surface area contributed by atoms with E-state index in [9.17, 15) is 22.8 Å². The molecule has 1 unspecified atom stereocenters. The standard InChI is InChI=1S/C19H12F3N4O2.Ti/c20-19(21,22)13-5-3-4-12(8-13)16-17(27)25-7-2-1-6-15(25)26(18(16)28)14-9-23-11-24-10-14;/h1-11,16H;/q-1;. The Hall–Kier alpha value is -2.91. The monoisotopic (exact) mass is 433 g/mol. The number of nitrogens with zero attached hydrogens (tertiary/aromatic N) is 4. The van der Waals surface area contributed by atoms with Crippen molar-refractivity contribution in [2.75, 3.05) is 4.90 Å². The molecule has 29 heavy (non-hydrogen) atoms. The molecule has 1 saturated heterocycles. The van der Waals surface area contributed by atoms with Gasteiger partial charge in [0.05, 0.1) is 29.5 Å². The van der Waals surface area contributed by atoms with Crippen molar-refractivity contribution in [3.05, 3.63) is 84.7 Å². The van der Waals surface area contributed by atoms with Gasteiger partial charge in [-0.25, -0.2) is 22.1 Å². The van der Waals surface area contributed by atoms with E-state index in [1.807, 2.05) is 0 Å². The van der Waals surface area contributed by atoms with Crippen molar-refractivity contribution in [1.82, 2.24) is 14.9 Å². The second-order valence-corrected chi connectivity index (χ2v) is 6.09. The Kier molecular flexibility index (Phi) is 5.63. The van der Waals surface area contributed by atoms with Crippen LogP contribution < -0.4 is 4.90 Å². The van der Waals surface area contributed by atoms with Crippen LogP contribution in [0.15, 0.2) is 67.0 Å². The fourth-order valence-electron chi connectivity index (χ4n) is 3.14. The number of hydrogen-bond donors (Lipinski definition) is 0. The Bertz CT molecular complexity index is 1010. The minimum Gasteiger partial charge on any atom is -0.355 e. The summed E-state index contributed by atoms with van der Waals surface area (Å²) >= 11 is 0. The van der Waals surface area contributed by atoms with E-state index in [1.165, 1.54) is 47.2 Å². The summed E-state index contributed by atoms with van der Waals surface area (Å²) in [7, 11) is 0. The molecule has 10 heteroatoms. The van der Waals surface area contributed by atoms with Crippen molar-refractivity contribution >= 4 is 17.5 Å². The molecule has 146 valence electrons. The van der Waals surface area contributed by atoms with Gasteiger partial charge in [-0.15, -0.1) is 12.6 Å². The van der Waals surface area contributed by atoms with Gasteiger partial charge in [0.1, 0.15) is 12.2 Å². The van der Waals surface area contributed by atoms with Gasteiger partial charge in [-0.2, -0.15) is 13.2 Å². The number of carbonyl (C=O) groups is 2. The maximum absolute atomic E-state index is 13.2. The van der Waals surface area contributed by atoms with E-state index in [-0.39, 0.29) is 33.1 Å². The number of amides is 2. The molecule has 2 aliphatic heterocycles. The molecule has 0 bridgehead atoms. The van der Waals surface area contributed by atoms with Gasteiger partial charge in [-0.3, -0.25) is 14.5 Å². The summed E-state index contributed by atoms with van der Waals surface area (Å²) in [6.45, 7) is 1.46. The zero-order chi connectivity index (χ0) is 19.9. The number of fused-ring (bicyclic) bond motifs is 1. The van der Waals surface area contributed by atoms with E-state index in [0.717, 1.165) is 12.1 Å². The second kappa shape index (κ2) is 7.84. The predicted molar refractivity (Wildman–Crippen MR) is 92.1 cm³/mol. The minimum atomic E-state index is -4.59. The third-order valence-electron chi connectivity index (χ3n) is 4.37. The molecule has 3 heterocycles. The van der Waals surface area contributed by atoms with Gasteiger partial charge < -0.3 is 4.90 Å². The Morgan fingerprint density at radius 3 is 2.48 bits per heavy atom. The van der Waals surface area contributed by atoms with Crippen LogP contribution >= 0.6 is 0 Å². The first-order valence-electron chi connectivity index (χ1n) is 8.19. The summed E-state index contributed by atoms with van der Waals surface area (Å²) in [6, 6.07) is 4.24. The van der Waals surface area contributed by atoms with E-state index in [4.69, 9.17) is 0 Å². The average Bonchev–Trinajstić information content (AvgIpc) is 2.69. The van der Waals surface area contributed by atoms with Crippen molar-refractivity contribution < 1.29 is 44.5 Å². The van der Waals surface area contributed by atoms with Crippen LogP contribution in [0.5, 0.6) is 0 Å². The van der Waals surface area contributed by atoms with Crippen molar-refractivity contribution in [3.8, 4) is 0 Å². The number of rotatable bonds is 2. The number of benzene rings is 1. The largest absolute Gasteiger partial charge is 0.416 e. The Morgan fingerprint density at radius 2 is 1.79 bits per heavy atom. The number of alkyl halides is 3. The SMILES string of the molecule is O=C1C(c2cccc(C(F)(F)F)c2)C(=O)N(c2cncnc2)C2=CC=C[CH-]N12.[Ti]. The van der Waals surface area contributed by atoms with Crippen LogP contribution in [0.2, 0.25) is 0 Å². The van der Waals surface area contributed by atoms with Crippen LogP contribution in [-0.4, -0.2) is 26.7 Å². The molecule has 2 amide bonds. The van der Waals surface area contributed by atoms with Crippen molar-refractivity contribution in [1.29, 1.82) is 0 Å². The molecule has 2 aliphatic rings. The molecule has 4 rings (SSSR count). The normalized spacial score (nSPS) is 18.6. The van der Waals surface area contributed by atoms with Crippen LogP contribution in [0.4, 0.5) is 18.9 Å². The number of hydrogen-bond acceptors (Lipinski definition) is 4. The molecule has 2 aromatic rings. The van der Waals surface area contributed by atoms with E-state index >= 15 is 0 Å². The maximum Gasteiger partial charge on any atom is 0.416 e. The van der Waals surface area contributed by atoms with Crippen LogP contribution in [0, 0.1) is 6.54 Å². The topological polar surface area (TPSA) is 66.4 Å². The number of halogens is 3.